The molecule has 0 fully saturated rings. The Balaban J connectivity index is 1.58. The molecule has 0 radical (unpaired) electrons. The number of rotatable bonds is 8. The van der Waals surface area contributed by atoms with Crippen molar-refractivity contribution in [3.8, 4) is 5.75 Å². The Bertz CT molecular complexity index is 1050. The number of carbonyl (C=O) groups is 1. The summed E-state index contributed by atoms with van der Waals surface area (Å²) in [7, 11) is 0. The molecule has 0 aliphatic carbocycles. The van der Waals surface area contributed by atoms with Crippen LogP contribution in [0.1, 0.15) is 41.5 Å². The number of hydrogen-bond acceptors (Lipinski definition) is 5. The molecule has 156 valence electrons. The lowest BCUT2D eigenvalue weighted by molar-refractivity contribution is -0.384. The van der Waals surface area contributed by atoms with E-state index in [1.165, 1.54) is 18.2 Å². The number of nitrogens with zero attached hydrogens (tertiary/aromatic N) is 3. The van der Waals surface area contributed by atoms with Crippen LogP contribution in [0.5, 0.6) is 5.75 Å². The van der Waals surface area contributed by atoms with Gasteiger partial charge < -0.3 is 10.1 Å². The smallest absolute Gasteiger partial charge is 0.271 e. The fourth-order valence-corrected chi connectivity index (χ4v) is 3.00. The Morgan fingerprint density at radius 3 is 2.60 bits per heavy atom. The molecule has 1 atom stereocenters. The van der Waals surface area contributed by atoms with Crippen LogP contribution in [0.3, 0.4) is 0 Å². The maximum Gasteiger partial charge on any atom is 0.271 e. The van der Waals surface area contributed by atoms with Gasteiger partial charge in [0.2, 0.25) is 0 Å². The van der Waals surface area contributed by atoms with Crippen LogP contribution in [0, 0.1) is 10.1 Å². The van der Waals surface area contributed by atoms with Crippen molar-refractivity contribution in [3.05, 3.63) is 86.7 Å². The molecule has 1 unspecified atom stereocenters. The van der Waals surface area contributed by atoms with E-state index in [2.05, 4.69) is 10.4 Å². The zero-order valence-electron chi connectivity index (χ0n) is 16.5. The van der Waals surface area contributed by atoms with Gasteiger partial charge in [-0.25, -0.2) is 0 Å². The molecule has 0 aliphatic rings. The van der Waals surface area contributed by atoms with E-state index >= 15 is 0 Å². The standard InChI is InChI=1S/C21H21ClN4O4/c1-3-25-11-10-19(24-25)14(2)23-21(27)16-6-4-15(5-7-16)13-30-20-9-8-17(26(28)29)12-18(20)22/h4-12,14H,3,13H2,1-2H3,(H,23,27). The number of non-ortho nitro benzene ring substituents is 1. The molecule has 1 aromatic heterocycles. The van der Waals surface area contributed by atoms with Crippen molar-refractivity contribution >= 4 is 23.2 Å². The number of benzene rings is 2. The fourth-order valence-electron chi connectivity index (χ4n) is 2.77. The van der Waals surface area contributed by atoms with Gasteiger partial charge in [-0.3, -0.25) is 19.6 Å². The molecule has 9 heteroatoms. The van der Waals surface area contributed by atoms with E-state index in [9.17, 15) is 14.9 Å². The van der Waals surface area contributed by atoms with Crippen molar-refractivity contribution in [2.45, 2.75) is 33.0 Å². The van der Waals surface area contributed by atoms with E-state index < -0.39 is 4.92 Å². The molecule has 0 aliphatic heterocycles. The highest BCUT2D eigenvalue weighted by Crippen LogP contribution is 2.29. The molecule has 1 N–H and O–H groups in total. The fraction of sp³-hybridized carbons (Fsp3) is 0.238. The highest BCUT2D eigenvalue weighted by atomic mass is 35.5. The Kier molecular flexibility index (Phi) is 6.68. The number of amides is 1. The summed E-state index contributed by atoms with van der Waals surface area (Å²) in [4.78, 5) is 22.7. The van der Waals surface area contributed by atoms with E-state index in [1.54, 1.807) is 24.3 Å². The van der Waals surface area contributed by atoms with E-state index in [0.29, 0.717) is 11.3 Å². The molecular formula is C21H21ClN4O4. The quantitative estimate of drug-likeness (QED) is 0.419. The first-order chi connectivity index (χ1) is 14.4. The van der Waals surface area contributed by atoms with Crippen molar-refractivity contribution < 1.29 is 14.5 Å². The first-order valence-corrected chi connectivity index (χ1v) is 9.75. The number of aromatic nitrogens is 2. The highest BCUT2D eigenvalue weighted by Gasteiger charge is 2.14. The summed E-state index contributed by atoms with van der Waals surface area (Å²) < 4.78 is 7.44. The second-order valence-corrected chi connectivity index (χ2v) is 7.06. The Labute approximate surface area is 178 Å². The summed E-state index contributed by atoms with van der Waals surface area (Å²) in [5.74, 6) is 0.156. The van der Waals surface area contributed by atoms with Crippen molar-refractivity contribution in [1.82, 2.24) is 15.1 Å². The molecule has 3 aromatic rings. The van der Waals surface area contributed by atoms with Gasteiger partial charge in [0.15, 0.2) is 0 Å². The summed E-state index contributed by atoms with van der Waals surface area (Å²) in [6.07, 6.45) is 1.88. The first-order valence-electron chi connectivity index (χ1n) is 9.37. The molecule has 1 heterocycles. The lowest BCUT2D eigenvalue weighted by atomic mass is 10.1. The molecule has 0 spiro atoms. The summed E-state index contributed by atoms with van der Waals surface area (Å²) in [5, 5.41) is 18.3. The van der Waals surface area contributed by atoms with E-state index in [4.69, 9.17) is 16.3 Å². The predicted molar refractivity (Wildman–Crippen MR) is 113 cm³/mol. The zero-order valence-corrected chi connectivity index (χ0v) is 17.3. The molecule has 1 amide bonds. The number of aryl methyl sites for hydroxylation is 1. The predicted octanol–water partition coefficient (Wildman–Crippen LogP) is 4.53. The Morgan fingerprint density at radius 1 is 1.27 bits per heavy atom. The highest BCUT2D eigenvalue weighted by molar-refractivity contribution is 6.32. The van der Waals surface area contributed by atoms with Gasteiger partial charge >= 0.3 is 0 Å². The molecule has 30 heavy (non-hydrogen) atoms. The normalized spacial score (nSPS) is 11.7. The molecule has 2 aromatic carbocycles. The minimum absolute atomic E-state index is 0.0987. The number of nitro benzene ring substituents is 1. The number of ether oxygens (including phenoxy) is 1. The lowest BCUT2D eigenvalue weighted by Crippen LogP contribution is -2.27. The van der Waals surface area contributed by atoms with Crippen LogP contribution in [0.15, 0.2) is 54.7 Å². The number of nitrogens with one attached hydrogen (secondary N) is 1. The lowest BCUT2D eigenvalue weighted by Gasteiger charge is -2.12. The van der Waals surface area contributed by atoms with Gasteiger partial charge in [0, 0.05) is 30.4 Å². The van der Waals surface area contributed by atoms with Crippen LogP contribution in [0.2, 0.25) is 5.02 Å². The average molecular weight is 429 g/mol. The minimum Gasteiger partial charge on any atom is -0.487 e. The van der Waals surface area contributed by atoms with Crippen LogP contribution in [0.25, 0.3) is 0 Å². The van der Waals surface area contributed by atoms with Crippen molar-refractivity contribution in [2.24, 2.45) is 0 Å². The van der Waals surface area contributed by atoms with Gasteiger partial charge in [-0.15, -0.1) is 0 Å². The molecular weight excluding hydrogens is 408 g/mol. The maximum absolute atomic E-state index is 12.5. The number of hydrogen-bond donors (Lipinski definition) is 1. The summed E-state index contributed by atoms with van der Waals surface area (Å²) in [5.41, 5.74) is 2.05. The molecule has 0 bridgehead atoms. The monoisotopic (exact) mass is 428 g/mol. The Hall–Kier alpha value is -3.39. The van der Waals surface area contributed by atoms with Crippen LogP contribution >= 0.6 is 11.6 Å². The SMILES string of the molecule is CCn1ccc(C(C)NC(=O)c2ccc(COc3ccc([N+](=O)[O-])cc3Cl)cc2)n1. The summed E-state index contributed by atoms with van der Waals surface area (Å²) >= 11 is 6.03. The number of carbonyl (C=O) groups excluding carboxylic acids is 1. The third kappa shape index (κ3) is 5.15. The third-order valence-corrected chi connectivity index (χ3v) is 4.81. The second-order valence-electron chi connectivity index (χ2n) is 6.65. The van der Waals surface area contributed by atoms with Gasteiger partial charge in [0.25, 0.3) is 11.6 Å². The zero-order chi connectivity index (χ0) is 21.7. The van der Waals surface area contributed by atoms with Crippen LogP contribution < -0.4 is 10.1 Å². The molecule has 8 nitrogen and oxygen atoms in total. The average Bonchev–Trinajstić information content (AvgIpc) is 3.22. The molecule has 0 saturated carbocycles. The van der Waals surface area contributed by atoms with E-state index in [-0.39, 0.29) is 29.3 Å². The summed E-state index contributed by atoms with van der Waals surface area (Å²) in [6.45, 7) is 4.87. The Morgan fingerprint density at radius 2 is 2.00 bits per heavy atom. The second kappa shape index (κ2) is 9.41. The minimum atomic E-state index is -0.518. The number of halogens is 1. The van der Waals surface area contributed by atoms with Gasteiger partial charge in [-0.1, -0.05) is 23.7 Å². The topological polar surface area (TPSA) is 99.3 Å². The largest absolute Gasteiger partial charge is 0.487 e. The van der Waals surface area contributed by atoms with Gasteiger partial charge in [-0.05, 0) is 43.7 Å². The van der Waals surface area contributed by atoms with Gasteiger partial charge in [-0.2, -0.15) is 5.10 Å². The van der Waals surface area contributed by atoms with Gasteiger partial charge in [0.05, 0.1) is 21.7 Å². The third-order valence-electron chi connectivity index (χ3n) is 4.51. The van der Waals surface area contributed by atoms with E-state index in [1.807, 2.05) is 30.8 Å². The summed E-state index contributed by atoms with van der Waals surface area (Å²) in [6, 6.07) is 12.7. The number of nitro groups is 1. The van der Waals surface area contributed by atoms with Crippen molar-refractivity contribution in [2.75, 3.05) is 0 Å². The van der Waals surface area contributed by atoms with Crippen LogP contribution in [-0.4, -0.2) is 20.6 Å². The van der Waals surface area contributed by atoms with Crippen molar-refractivity contribution in [1.29, 1.82) is 0 Å². The van der Waals surface area contributed by atoms with Crippen LogP contribution in [-0.2, 0) is 13.2 Å². The maximum atomic E-state index is 12.5. The molecule has 3 rings (SSSR count). The van der Waals surface area contributed by atoms with Gasteiger partial charge in [0.1, 0.15) is 12.4 Å². The molecule has 0 saturated heterocycles. The van der Waals surface area contributed by atoms with E-state index in [0.717, 1.165) is 17.8 Å². The van der Waals surface area contributed by atoms with Crippen LogP contribution in [0.4, 0.5) is 5.69 Å². The van der Waals surface area contributed by atoms with Crippen molar-refractivity contribution in [3.63, 3.8) is 0 Å². The first kappa shape index (κ1) is 21.3.